The maximum atomic E-state index is 11.7. The van der Waals surface area contributed by atoms with E-state index in [0.29, 0.717) is 12.1 Å². The maximum Gasteiger partial charge on any atom is 0.234 e. The van der Waals surface area contributed by atoms with Gasteiger partial charge in [0.1, 0.15) is 0 Å². The number of benzene rings is 1. The second-order valence-electron chi connectivity index (χ2n) is 4.40. The number of anilines is 1. The SMILES string of the molecule is Cc1ccc(N2C(=O)CCC2=O)cc1C#CCCO. The molecule has 0 spiro atoms. The number of imide groups is 1. The Kier molecular flexibility index (Phi) is 3.98. The van der Waals surface area contributed by atoms with Gasteiger partial charge in [0, 0.05) is 24.8 Å². The first-order valence-electron chi connectivity index (χ1n) is 6.19. The Balaban J connectivity index is 2.34. The van der Waals surface area contributed by atoms with Crippen molar-refractivity contribution < 1.29 is 14.7 Å². The second kappa shape index (κ2) is 5.68. The standard InChI is InChI=1S/C15H15NO3/c1-11-5-6-13(10-12(11)4-2-3-9-17)16-14(18)7-8-15(16)19/h5-6,10,17H,3,7-9H2,1H3. The zero-order chi connectivity index (χ0) is 13.8. The van der Waals surface area contributed by atoms with Crippen LogP contribution in [0.1, 0.15) is 30.4 Å². The van der Waals surface area contributed by atoms with E-state index in [0.717, 1.165) is 11.1 Å². The number of aryl methyl sites for hydroxylation is 1. The van der Waals surface area contributed by atoms with Gasteiger partial charge in [-0.3, -0.25) is 14.5 Å². The molecule has 1 N–H and O–H groups in total. The summed E-state index contributed by atoms with van der Waals surface area (Å²) in [6.07, 6.45) is 0.960. The molecule has 19 heavy (non-hydrogen) atoms. The summed E-state index contributed by atoms with van der Waals surface area (Å²) in [6.45, 7) is 1.94. The average molecular weight is 257 g/mol. The zero-order valence-corrected chi connectivity index (χ0v) is 10.8. The molecular formula is C15H15NO3. The lowest BCUT2D eigenvalue weighted by Crippen LogP contribution is -2.28. The molecule has 0 aromatic heterocycles. The fourth-order valence-corrected chi connectivity index (χ4v) is 1.96. The molecule has 1 heterocycles. The minimum Gasteiger partial charge on any atom is -0.395 e. The summed E-state index contributed by atoms with van der Waals surface area (Å²) in [7, 11) is 0. The normalized spacial score (nSPS) is 14.5. The Morgan fingerprint density at radius 1 is 1.26 bits per heavy atom. The molecule has 2 rings (SSSR count). The third kappa shape index (κ3) is 2.83. The van der Waals surface area contributed by atoms with E-state index in [9.17, 15) is 9.59 Å². The highest BCUT2D eigenvalue weighted by molar-refractivity contribution is 6.19. The Hall–Kier alpha value is -2.12. The molecule has 1 saturated heterocycles. The van der Waals surface area contributed by atoms with E-state index < -0.39 is 0 Å². The van der Waals surface area contributed by atoms with Gasteiger partial charge in [0.15, 0.2) is 0 Å². The highest BCUT2D eigenvalue weighted by Crippen LogP contribution is 2.24. The van der Waals surface area contributed by atoms with E-state index >= 15 is 0 Å². The van der Waals surface area contributed by atoms with Crippen molar-refractivity contribution in [2.75, 3.05) is 11.5 Å². The topological polar surface area (TPSA) is 57.6 Å². The van der Waals surface area contributed by atoms with Crippen molar-refractivity contribution >= 4 is 17.5 Å². The molecule has 0 bridgehead atoms. The third-order valence-corrected chi connectivity index (χ3v) is 2.99. The van der Waals surface area contributed by atoms with Gasteiger partial charge in [-0.15, -0.1) is 0 Å². The van der Waals surface area contributed by atoms with Crippen molar-refractivity contribution in [3.8, 4) is 11.8 Å². The summed E-state index contributed by atoms with van der Waals surface area (Å²) in [5.41, 5.74) is 2.33. The number of carbonyl (C=O) groups excluding carboxylic acids is 2. The molecule has 1 fully saturated rings. The average Bonchev–Trinajstić information content (AvgIpc) is 2.72. The number of carbonyl (C=O) groups is 2. The lowest BCUT2D eigenvalue weighted by atomic mass is 10.1. The van der Waals surface area contributed by atoms with Crippen molar-refractivity contribution in [1.29, 1.82) is 0 Å². The van der Waals surface area contributed by atoms with E-state index in [-0.39, 0.29) is 31.3 Å². The van der Waals surface area contributed by atoms with E-state index in [4.69, 9.17) is 5.11 Å². The van der Waals surface area contributed by atoms with E-state index in [1.165, 1.54) is 4.90 Å². The van der Waals surface area contributed by atoms with Gasteiger partial charge in [0.25, 0.3) is 0 Å². The van der Waals surface area contributed by atoms with Crippen LogP contribution < -0.4 is 4.90 Å². The van der Waals surface area contributed by atoms with Crippen LogP contribution in [0.15, 0.2) is 18.2 Å². The molecule has 1 aliphatic rings. The Morgan fingerprint density at radius 2 is 1.95 bits per heavy atom. The van der Waals surface area contributed by atoms with E-state index in [1.54, 1.807) is 12.1 Å². The summed E-state index contributed by atoms with van der Waals surface area (Å²) in [6, 6.07) is 5.35. The number of hydrogen-bond acceptors (Lipinski definition) is 3. The molecule has 4 nitrogen and oxygen atoms in total. The number of aliphatic hydroxyl groups is 1. The first-order chi connectivity index (χ1) is 9.13. The van der Waals surface area contributed by atoms with Crippen molar-refractivity contribution in [1.82, 2.24) is 0 Å². The molecule has 98 valence electrons. The second-order valence-corrected chi connectivity index (χ2v) is 4.40. The Labute approximate surface area is 112 Å². The van der Waals surface area contributed by atoms with Crippen LogP contribution in [0, 0.1) is 18.8 Å². The molecule has 4 heteroatoms. The fraction of sp³-hybridized carbons (Fsp3) is 0.333. The number of rotatable bonds is 2. The molecule has 2 amide bonds. The fourth-order valence-electron chi connectivity index (χ4n) is 1.96. The minimum atomic E-state index is -0.164. The summed E-state index contributed by atoms with van der Waals surface area (Å²) in [5, 5.41) is 8.71. The van der Waals surface area contributed by atoms with Crippen LogP contribution in [0.5, 0.6) is 0 Å². The van der Waals surface area contributed by atoms with Crippen molar-refractivity contribution in [2.24, 2.45) is 0 Å². The lowest BCUT2D eigenvalue weighted by molar-refractivity contribution is -0.121. The van der Waals surface area contributed by atoms with Gasteiger partial charge in [-0.05, 0) is 24.6 Å². The van der Waals surface area contributed by atoms with Gasteiger partial charge in [-0.2, -0.15) is 0 Å². The molecule has 1 aliphatic heterocycles. The molecule has 0 saturated carbocycles. The van der Waals surface area contributed by atoms with Gasteiger partial charge in [-0.25, -0.2) is 0 Å². The van der Waals surface area contributed by atoms with Crippen LogP contribution in [0.4, 0.5) is 5.69 Å². The van der Waals surface area contributed by atoms with Crippen LogP contribution in [0.2, 0.25) is 0 Å². The summed E-state index contributed by atoms with van der Waals surface area (Å²) in [5.74, 6) is 5.46. The van der Waals surface area contributed by atoms with Gasteiger partial charge in [0.2, 0.25) is 11.8 Å². The highest BCUT2D eigenvalue weighted by atomic mass is 16.2. The van der Waals surface area contributed by atoms with Gasteiger partial charge < -0.3 is 5.11 Å². The van der Waals surface area contributed by atoms with Crippen LogP contribution in [0.3, 0.4) is 0 Å². The number of aliphatic hydroxyl groups excluding tert-OH is 1. The van der Waals surface area contributed by atoms with E-state index in [2.05, 4.69) is 11.8 Å². The largest absolute Gasteiger partial charge is 0.395 e. The van der Waals surface area contributed by atoms with E-state index in [1.807, 2.05) is 13.0 Å². The van der Waals surface area contributed by atoms with Crippen molar-refractivity contribution in [3.05, 3.63) is 29.3 Å². The number of amides is 2. The smallest absolute Gasteiger partial charge is 0.234 e. The Bertz CT molecular complexity index is 565. The first-order valence-corrected chi connectivity index (χ1v) is 6.19. The van der Waals surface area contributed by atoms with Gasteiger partial charge in [-0.1, -0.05) is 17.9 Å². The number of hydrogen-bond donors (Lipinski definition) is 1. The minimum absolute atomic E-state index is 0.0227. The predicted octanol–water partition coefficient (Wildman–Crippen LogP) is 1.38. The van der Waals surface area contributed by atoms with Crippen molar-refractivity contribution in [2.45, 2.75) is 26.2 Å². The molecule has 0 atom stereocenters. The quantitative estimate of drug-likeness (QED) is 0.643. The molecule has 0 radical (unpaired) electrons. The summed E-state index contributed by atoms with van der Waals surface area (Å²) in [4.78, 5) is 24.6. The van der Waals surface area contributed by atoms with Gasteiger partial charge >= 0.3 is 0 Å². The van der Waals surface area contributed by atoms with Crippen LogP contribution in [-0.4, -0.2) is 23.5 Å². The molecule has 1 aromatic carbocycles. The molecule has 0 unspecified atom stereocenters. The third-order valence-electron chi connectivity index (χ3n) is 2.99. The molecule has 1 aromatic rings. The summed E-state index contributed by atoms with van der Waals surface area (Å²) >= 11 is 0. The lowest BCUT2D eigenvalue weighted by Gasteiger charge is -2.14. The van der Waals surface area contributed by atoms with Crippen LogP contribution in [0.25, 0.3) is 0 Å². The molecule has 0 aliphatic carbocycles. The maximum absolute atomic E-state index is 11.7. The first kappa shape index (κ1) is 13.3. The number of nitrogens with zero attached hydrogens (tertiary/aromatic N) is 1. The Morgan fingerprint density at radius 3 is 2.58 bits per heavy atom. The monoisotopic (exact) mass is 257 g/mol. The molecular weight excluding hydrogens is 242 g/mol. The highest BCUT2D eigenvalue weighted by Gasteiger charge is 2.30. The van der Waals surface area contributed by atoms with Gasteiger partial charge in [0.05, 0.1) is 12.3 Å². The van der Waals surface area contributed by atoms with Crippen molar-refractivity contribution in [3.63, 3.8) is 0 Å². The zero-order valence-electron chi connectivity index (χ0n) is 10.8. The summed E-state index contributed by atoms with van der Waals surface area (Å²) < 4.78 is 0. The predicted molar refractivity (Wildman–Crippen MR) is 71.5 cm³/mol. The van der Waals surface area contributed by atoms with Crippen LogP contribution in [-0.2, 0) is 9.59 Å². The van der Waals surface area contributed by atoms with Crippen LogP contribution >= 0.6 is 0 Å².